The first-order valence-electron chi connectivity index (χ1n) is 5.76. The van der Waals surface area contributed by atoms with E-state index in [0.717, 1.165) is 22.8 Å². The second-order valence-electron chi connectivity index (χ2n) is 3.90. The van der Waals surface area contributed by atoms with Crippen molar-refractivity contribution in [1.82, 2.24) is 0 Å². The van der Waals surface area contributed by atoms with Crippen molar-refractivity contribution in [1.29, 1.82) is 0 Å². The van der Waals surface area contributed by atoms with Crippen LogP contribution in [0.4, 0.5) is 0 Å². The summed E-state index contributed by atoms with van der Waals surface area (Å²) in [5.74, 6) is 0.939. The van der Waals surface area contributed by atoms with Crippen molar-refractivity contribution >= 4 is 29.1 Å². The Morgan fingerprint density at radius 3 is 2.68 bits per heavy atom. The zero-order valence-electron chi connectivity index (χ0n) is 10.5. The number of benzene rings is 1. The summed E-state index contributed by atoms with van der Waals surface area (Å²) >= 11 is 2.95. The van der Waals surface area contributed by atoms with Gasteiger partial charge in [-0.1, -0.05) is 12.1 Å². The number of hydrogen-bond donors (Lipinski definition) is 1. The van der Waals surface area contributed by atoms with Gasteiger partial charge in [-0.05, 0) is 30.2 Å². The Morgan fingerprint density at radius 2 is 2.11 bits per heavy atom. The molecular formula is C14H14O3S2. The van der Waals surface area contributed by atoms with Crippen molar-refractivity contribution in [2.75, 3.05) is 12.9 Å². The molecule has 0 saturated carbocycles. The smallest absolute Gasteiger partial charge is 0.345 e. The molecular weight excluding hydrogens is 280 g/mol. The molecule has 5 heteroatoms. The van der Waals surface area contributed by atoms with E-state index in [0.29, 0.717) is 4.88 Å². The number of carboxylic acid groups (broad SMARTS) is 1. The van der Waals surface area contributed by atoms with Crippen molar-refractivity contribution in [3.63, 3.8) is 0 Å². The highest BCUT2D eigenvalue weighted by Crippen LogP contribution is 2.25. The minimum absolute atomic E-state index is 0.395. The van der Waals surface area contributed by atoms with Gasteiger partial charge in [-0.25, -0.2) is 4.79 Å². The lowest BCUT2D eigenvalue weighted by Crippen LogP contribution is -1.90. The third-order valence-electron chi connectivity index (χ3n) is 2.60. The minimum Gasteiger partial charge on any atom is -0.497 e. The van der Waals surface area contributed by atoms with Gasteiger partial charge in [0.1, 0.15) is 10.6 Å². The van der Waals surface area contributed by atoms with Crippen molar-refractivity contribution in [2.45, 2.75) is 11.3 Å². The summed E-state index contributed by atoms with van der Waals surface area (Å²) in [6.07, 6.45) is 0.951. The lowest BCUT2D eigenvalue weighted by molar-refractivity contribution is 0.0702. The molecule has 0 saturated heterocycles. The number of ether oxygens (including phenoxy) is 1. The Balaban J connectivity index is 1.83. The van der Waals surface area contributed by atoms with Gasteiger partial charge in [0.15, 0.2) is 0 Å². The third kappa shape index (κ3) is 4.01. The molecule has 1 heterocycles. The Morgan fingerprint density at radius 1 is 1.37 bits per heavy atom. The number of rotatable bonds is 6. The quantitative estimate of drug-likeness (QED) is 0.823. The standard InChI is InChI=1S/C14H14O3S2/c1-17-11-4-2-10(3-5-11)6-7-18-12-8-13(14(15)16)19-9-12/h2-5,8-9H,6-7H2,1H3,(H,15,16). The minimum atomic E-state index is -0.855. The summed E-state index contributed by atoms with van der Waals surface area (Å²) in [6.45, 7) is 0. The number of thiophene rings is 1. The summed E-state index contributed by atoms with van der Waals surface area (Å²) in [5, 5.41) is 10.7. The predicted octanol–water partition coefficient (Wildman–Crippen LogP) is 3.79. The molecule has 0 aliphatic carbocycles. The third-order valence-corrected chi connectivity index (χ3v) is 4.65. The molecule has 1 aromatic heterocycles. The van der Waals surface area contributed by atoms with E-state index >= 15 is 0 Å². The molecule has 3 nitrogen and oxygen atoms in total. The number of methoxy groups -OCH3 is 1. The summed E-state index contributed by atoms with van der Waals surface area (Å²) in [4.78, 5) is 12.2. The molecule has 0 aliphatic heterocycles. The normalized spacial score (nSPS) is 10.4. The van der Waals surface area contributed by atoms with Crippen LogP contribution in [0.15, 0.2) is 40.6 Å². The van der Waals surface area contributed by atoms with Crippen LogP contribution in [0, 0.1) is 0 Å². The van der Waals surface area contributed by atoms with Crippen LogP contribution in [0.1, 0.15) is 15.2 Å². The maximum atomic E-state index is 10.8. The Labute approximate surface area is 120 Å². The van der Waals surface area contributed by atoms with Crippen LogP contribution in [0.3, 0.4) is 0 Å². The first-order valence-corrected chi connectivity index (χ1v) is 7.63. The van der Waals surface area contributed by atoms with E-state index in [2.05, 4.69) is 12.1 Å². The summed E-state index contributed by atoms with van der Waals surface area (Å²) in [6, 6.07) is 9.73. The monoisotopic (exact) mass is 294 g/mol. The second-order valence-corrected chi connectivity index (χ2v) is 5.98. The Bertz CT molecular complexity index is 546. The van der Waals surface area contributed by atoms with Crippen molar-refractivity contribution < 1.29 is 14.6 Å². The Hall–Kier alpha value is -1.46. The van der Waals surface area contributed by atoms with Crippen LogP contribution in [-0.2, 0) is 6.42 Å². The maximum Gasteiger partial charge on any atom is 0.345 e. The van der Waals surface area contributed by atoms with E-state index in [1.807, 2.05) is 17.5 Å². The van der Waals surface area contributed by atoms with Gasteiger partial charge < -0.3 is 9.84 Å². The molecule has 2 rings (SSSR count). The molecule has 0 radical (unpaired) electrons. The molecule has 0 spiro atoms. The van der Waals surface area contributed by atoms with Crippen LogP contribution < -0.4 is 4.74 Å². The summed E-state index contributed by atoms with van der Waals surface area (Å²) in [5.41, 5.74) is 1.25. The Kier molecular flexibility index (Phi) is 4.87. The fourth-order valence-electron chi connectivity index (χ4n) is 1.59. The average molecular weight is 294 g/mol. The zero-order valence-corrected chi connectivity index (χ0v) is 12.1. The lowest BCUT2D eigenvalue weighted by Gasteiger charge is -2.02. The second kappa shape index (κ2) is 6.63. The molecule has 1 aromatic carbocycles. The molecule has 0 amide bonds. The highest BCUT2D eigenvalue weighted by Gasteiger charge is 2.06. The molecule has 0 fully saturated rings. The van der Waals surface area contributed by atoms with Gasteiger partial charge in [0.05, 0.1) is 7.11 Å². The van der Waals surface area contributed by atoms with Crippen molar-refractivity contribution in [3.05, 3.63) is 46.2 Å². The van der Waals surface area contributed by atoms with Crippen LogP contribution in [0.25, 0.3) is 0 Å². The molecule has 0 bridgehead atoms. The topological polar surface area (TPSA) is 46.5 Å². The van der Waals surface area contributed by atoms with Gasteiger partial charge in [0.2, 0.25) is 0 Å². The van der Waals surface area contributed by atoms with Crippen molar-refractivity contribution in [3.8, 4) is 5.75 Å². The predicted molar refractivity (Wildman–Crippen MR) is 78.7 cm³/mol. The highest BCUT2D eigenvalue weighted by molar-refractivity contribution is 7.99. The molecule has 19 heavy (non-hydrogen) atoms. The van der Waals surface area contributed by atoms with E-state index < -0.39 is 5.97 Å². The van der Waals surface area contributed by atoms with Crippen LogP contribution >= 0.6 is 23.1 Å². The molecule has 1 N–H and O–H groups in total. The van der Waals surface area contributed by atoms with E-state index in [9.17, 15) is 4.79 Å². The average Bonchev–Trinajstić information content (AvgIpc) is 2.89. The molecule has 0 aliphatic rings. The summed E-state index contributed by atoms with van der Waals surface area (Å²) < 4.78 is 5.11. The zero-order chi connectivity index (χ0) is 13.7. The van der Waals surface area contributed by atoms with Gasteiger partial charge >= 0.3 is 5.97 Å². The van der Waals surface area contributed by atoms with Crippen LogP contribution in [-0.4, -0.2) is 23.9 Å². The molecule has 0 unspecified atom stereocenters. The SMILES string of the molecule is COc1ccc(CCSc2csc(C(=O)O)c2)cc1. The van der Waals surface area contributed by atoms with E-state index in [-0.39, 0.29) is 0 Å². The molecule has 2 aromatic rings. The molecule has 100 valence electrons. The van der Waals surface area contributed by atoms with E-state index in [4.69, 9.17) is 9.84 Å². The highest BCUT2D eigenvalue weighted by atomic mass is 32.2. The number of carbonyl (C=O) groups is 1. The molecule has 0 atom stereocenters. The number of aryl methyl sites for hydroxylation is 1. The van der Waals surface area contributed by atoms with Crippen molar-refractivity contribution in [2.24, 2.45) is 0 Å². The van der Waals surface area contributed by atoms with E-state index in [1.165, 1.54) is 16.9 Å². The van der Waals surface area contributed by atoms with E-state index in [1.54, 1.807) is 24.9 Å². The number of hydrogen-bond acceptors (Lipinski definition) is 4. The van der Waals surface area contributed by atoms with Gasteiger partial charge in [0.25, 0.3) is 0 Å². The lowest BCUT2D eigenvalue weighted by atomic mass is 10.2. The first kappa shape index (κ1) is 14.0. The van der Waals surface area contributed by atoms with Crippen LogP contribution in [0.2, 0.25) is 0 Å². The first-order chi connectivity index (χ1) is 9.19. The fourth-order valence-corrected chi connectivity index (χ4v) is 3.46. The van der Waals surface area contributed by atoms with Gasteiger partial charge in [-0.2, -0.15) is 0 Å². The van der Waals surface area contributed by atoms with Gasteiger partial charge in [-0.3, -0.25) is 0 Å². The number of thioether (sulfide) groups is 1. The van der Waals surface area contributed by atoms with Gasteiger partial charge in [0, 0.05) is 16.0 Å². The fraction of sp³-hybridized carbons (Fsp3) is 0.214. The summed E-state index contributed by atoms with van der Waals surface area (Å²) in [7, 11) is 1.65. The largest absolute Gasteiger partial charge is 0.497 e. The van der Waals surface area contributed by atoms with Crippen LogP contribution in [0.5, 0.6) is 5.75 Å². The number of carboxylic acids is 1. The maximum absolute atomic E-state index is 10.8. The number of aromatic carboxylic acids is 1. The van der Waals surface area contributed by atoms with Gasteiger partial charge in [-0.15, -0.1) is 23.1 Å².